The number of hydrogen-bond acceptors (Lipinski definition) is 5. The van der Waals surface area contributed by atoms with Crippen LogP contribution in [0.3, 0.4) is 0 Å². The van der Waals surface area contributed by atoms with Gasteiger partial charge in [-0.1, -0.05) is 12.1 Å². The normalized spacial score (nSPS) is 11.1. The maximum Gasteiger partial charge on any atom is 0.222 e. The zero-order valence-corrected chi connectivity index (χ0v) is 7.12. The third-order valence-electron chi connectivity index (χ3n) is 2.05. The molecule has 3 rings (SSSR count). The molecule has 0 amide bonds. The molecule has 68 valence electrons. The largest absolute Gasteiger partial charge is 0.380 e. The first-order valence-corrected chi connectivity index (χ1v) is 4.08. The van der Waals surface area contributed by atoms with Crippen LogP contribution in [0.15, 0.2) is 24.3 Å². The van der Waals surface area contributed by atoms with Gasteiger partial charge in [-0.3, -0.25) is 0 Å². The zero-order valence-electron chi connectivity index (χ0n) is 7.12. The van der Waals surface area contributed by atoms with Crippen molar-refractivity contribution in [2.45, 2.75) is 0 Å². The number of hydrogen-bond donors (Lipinski definition) is 1. The van der Waals surface area contributed by atoms with Crippen LogP contribution in [-0.4, -0.2) is 25.0 Å². The van der Waals surface area contributed by atoms with Crippen molar-refractivity contribution in [3.05, 3.63) is 24.3 Å². The minimum absolute atomic E-state index is 0.341. The molecule has 0 atom stereocenters. The number of para-hydroxylation sites is 2. The molecule has 0 spiro atoms. The Morgan fingerprint density at radius 1 is 1.21 bits per heavy atom. The predicted molar refractivity (Wildman–Crippen MR) is 50.5 cm³/mol. The van der Waals surface area contributed by atoms with Crippen LogP contribution in [0, 0.1) is 0 Å². The summed E-state index contributed by atoms with van der Waals surface area (Å²) in [7, 11) is 0. The summed E-state index contributed by atoms with van der Waals surface area (Å²) in [5.74, 6) is 0.341. The highest BCUT2D eigenvalue weighted by atomic mass is 15.5. The van der Waals surface area contributed by atoms with Crippen molar-refractivity contribution in [2.24, 2.45) is 0 Å². The molecule has 2 aromatic heterocycles. The van der Waals surface area contributed by atoms with Gasteiger partial charge in [-0.05, 0) is 22.6 Å². The van der Waals surface area contributed by atoms with Gasteiger partial charge >= 0.3 is 0 Å². The topological polar surface area (TPSA) is 82.0 Å². The summed E-state index contributed by atoms with van der Waals surface area (Å²) in [6.45, 7) is 0. The lowest BCUT2D eigenvalue weighted by Gasteiger charge is -1.99. The SMILES string of the molecule is Nc1nc2ccccc2n2nnnc12. The fourth-order valence-corrected chi connectivity index (χ4v) is 1.43. The predicted octanol–water partition coefficient (Wildman–Crippen LogP) is 0.255. The van der Waals surface area contributed by atoms with E-state index in [1.807, 2.05) is 24.3 Å². The summed E-state index contributed by atoms with van der Waals surface area (Å²) in [5, 5.41) is 11.2. The Labute approximate surface area is 78.4 Å². The molecule has 0 saturated heterocycles. The molecule has 2 heterocycles. The fourth-order valence-electron chi connectivity index (χ4n) is 1.43. The third kappa shape index (κ3) is 0.792. The Morgan fingerprint density at radius 2 is 2.07 bits per heavy atom. The van der Waals surface area contributed by atoms with E-state index >= 15 is 0 Å². The van der Waals surface area contributed by atoms with E-state index in [9.17, 15) is 0 Å². The van der Waals surface area contributed by atoms with Gasteiger partial charge in [-0.2, -0.15) is 4.52 Å². The van der Waals surface area contributed by atoms with Gasteiger partial charge in [0.25, 0.3) is 0 Å². The van der Waals surface area contributed by atoms with Gasteiger partial charge in [0.1, 0.15) is 0 Å². The number of tetrazole rings is 1. The highest BCUT2D eigenvalue weighted by Crippen LogP contribution is 2.15. The Bertz CT molecular complexity index is 613. The van der Waals surface area contributed by atoms with E-state index in [1.54, 1.807) is 4.52 Å². The quantitative estimate of drug-likeness (QED) is 0.544. The number of fused-ring (bicyclic) bond motifs is 3. The maximum absolute atomic E-state index is 5.69. The molecule has 0 aliphatic carbocycles. The average molecular weight is 186 g/mol. The van der Waals surface area contributed by atoms with Crippen molar-refractivity contribution in [1.82, 2.24) is 25.0 Å². The first kappa shape index (κ1) is 7.19. The van der Waals surface area contributed by atoms with Gasteiger partial charge in [-0.25, -0.2) is 4.98 Å². The Morgan fingerprint density at radius 3 is 3.00 bits per heavy atom. The van der Waals surface area contributed by atoms with Gasteiger partial charge in [0.05, 0.1) is 11.0 Å². The summed E-state index contributed by atoms with van der Waals surface area (Å²) in [6, 6.07) is 7.56. The highest BCUT2D eigenvalue weighted by Gasteiger charge is 2.07. The number of aromatic nitrogens is 5. The standard InChI is InChI=1S/C8H6N6/c9-7-8-11-12-13-14(8)6-4-2-1-3-5(6)10-7/h1-4H,(H2,9,10). The third-order valence-corrected chi connectivity index (χ3v) is 2.05. The van der Waals surface area contributed by atoms with Gasteiger partial charge in [-0.15, -0.1) is 5.10 Å². The first-order valence-electron chi connectivity index (χ1n) is 4.08. The van der Waals surface area contributed by atoms with Crippen molar-refractivity contribution in [1.29, 1.82) is 0 Å². The van der Waals surface area contributed by atoms with E-state index < -0.39 is 0 Å². The monoisotopic (exact) mass is 186 g/mol. The number of nitrogens with two attached hydrogens (primary N) is 1. The number of nitrogens with zero attached hydrogens (tertiary/aromatic N) is 5. The van der Waals surface area contributed by atoms with Crippen LogP contribution in [0.1, 0.15) is 0 Å². The van der Waals surface area contributed by atoms with Crippen molar-refractivity contribution < 1.29 is 0 Å². The van der Waals surface area contributed by atoms with Gasteiger partial charge in [0.2, 0.25) is 5.65 Å². The summed E-state index contributed by atoms with van der Waals surface area (Å²) in [5.41, 5.74) is 7.81. The molecule has 6 heteroatoms. The average Bonchev–Trinajstić information content (AvgIpc) is 2.67. The maximum atomic E-state index is 5.69. The second-order valence-corrected chi connectivity index (χ2v) is 2.90. The van der Waals surface area contributed by atoms with E-state index in [4.69, 9.17) is 5.73 Å². The van der Waals surface area contributed by atoms with Gasteiger partial charge < -0.3 is 5.73 Å². The van der Waals surface area contributed by atoms with Crippen molar-refractivity contribution in [3.8, 4) is 0 Å². The summed E-state index contributed by atoms with van der Waals surface area (Å²) in [4.78, 5) is 4.19. The van der Waals surface area contributed by atoms with Crippen LogP contribution in [-0.2, 0) is 0 Å². The minimum Gasteiger partial charge on any atom is -0.380 e. The first-order chi connectivity index (χ1) is 6.86. The Hall–Kier alpha value is -2.24. The van der Waals surface area contributed by atoms with Gasteiger partial charge in [0.15, 0.2) is 5.82 Å². The van der Waals surface area contributed by atoms with E-state index in [1.165, 1.54) is 0 Å². The molecular weight excluding hydrogens is 180 g/mol. The van der Waals surface area contributed by atoms with E-state index in [-0.39, 0.29) is 0 Å². The van der Waals surface area contributed by atoms with Gasteiger partial charge in [0, 0.05) is 0 Å². The van der Waals surface area contributed by atoms with E-state index in [2.05, 4.69) is 20.5 Å². The molecule has 0 aliphatic rings. The van der Waals surface area contributed by atoms with Crippen molar-refractivity contribution in [3.63, 3.8) is 0 Å². The highest BCUT2D eigenvalue weighted by molar-refractivity contribution is 5.80. The number of nitrogen functional groups attached to an aromatic ring is 1. The number of rotatable bonds is 0. The molecule has 14 heavy (non-hydrogen) atoms. The molecule has 0 bridgehead atoms. The lowest BCUT2D eigenvalue weighted by atomic mass is 10.3. The molecule has 0 fully saturated rings. The van der Waals surface area contributed by atoms with E-state index in [0.29, 0.717) is 11.5 Å². The summed E-state index contributed by atoms with van der Waals surface area (Å²) >= 11 is 0. The minimum atomic E-state index is 0.341. The molecule has 0 radical (unpaired) electrons. The summed E-state index contributed by atoms with van der Waals surface area (Å²) in [6.07, 6.45) is 0. The summed E-state index contributed by atoms with van der Waals surface area (Å²) < 4.78 is 1.58. The van der Waals surface area contributed by atoms with Crippen LogP contribution in [0.4, 0.5) is 5.82 Å². The molecule has 0 saturated carbocycles. The lowest BCUT2D eigenvalue weighted by Crippen LogP contribution is -1.99. The molecule has 1 aromatic carbocycles. The molecular formula is C8H6N6. The van der Waals surface area contributed by atoms with Crippen molar-refractivity contribution >= 4 is 22.5 Å². The lowest BCUT2D eigenvalue weighted by molar-refractivity contribution is 0.841. The van der Waals surface area contributed by atoms with Crippen LogP contribution in [0.2, 0.25) is 0 Å². The molecule has 0 aliphatic heterocycles. The molecule has 6 nitrogen and oxygen atoms in total. The second-order valence-electron chi connectivity index (χ2n) is 2.90. The molecule has 0 unspecified atom stereocenters. The molecule has 2 N–H and O–H groups in total. The van der Waals surface area contributed by atoms with Crippen LogP contribution in [0.5, 0.6) is 0 Å². The van der Waals surface area contributed by atoms with E-state index in [0.717, 1.165) is 11.0 Å². The van der Waals surface area contributed by atoms with Crippen LogP contribution < -0.4 is 5.73 Å². The fraction of sp³-hybridized carbons (Fsp3) is 0. The van der Waals surface area contributed by atoms with Crippen LogP contribution in [0.25, 0.3) is 16.7 Å². The zero-order chi connectivity index (χ0) is 9.54. The molecule has 3 aromatic rings. The second kappa shape index (κ2) is 2.38. The smallest absolute Gasteiger partial charge is 0.222 e. The van der Waals surface area contributed by atoms with Crippen molar-refractivity contribution in [2.75, 3.05) is 5.73 Å². The number of benzene rings is 1. The Balaban J connectivity index is 2.66. The van der Waals surface area contributed by atoms with Crippen LogP contribution >= 0.6 is 0 Å². The Kier molecular flexibility index (Phi) is 1.22. The number of anilines is 1.